The van der Waals surface area contributed by atoms with E-state index in [1.54, 1.807) is 0 Å². The van der Waals surface area contributed by atoms with Crippen LogP contribution in [0.25, 0.3) is 0 Å². The Morgan fingerprint density at radius 1 is 1.56 bits per heavy atom. The van der Waals surface area contributed by atoms with Crippen LogP contribution in [0.1, 0.15) is 6.92 Å². The molecule has 0 amide bonds. The van der Waals surface area contributed by atoms with Crippen LogP contribution in [0, 0.1) is 0 Å². The smallest absolute Gasteiger partial charge is 0.386 e. The van der Waals surface area contributed by atoms with E-state index in [0.717, 1.165) is 0 Å². The third kappa shape index (κ3) is 13800. The Balaban J connectivity index is 0. The van der Waals surface area contributed by atoms with E-state index in [1.807, 2.05) is 0 Å². The number of rotatable bonds is 0. The molecule has 0 heterocycles. The highest BCUT2D eigenvalue weighted by atomic mass is 32.2. The lowest BCUT2D eigenvalue weighted by molar-refractivity contribution is -0.110. The molecule has 2 N–H and O–H groups in total. The molecule has 0 aromatic rings. The largest absolute Gasteiger partial charge is 0.760 e. The Labute approximate surface area is 52.5 Å². The van der Waals surface area contributed by atoms with Crippen LogP contribution >= 0.6 is 0 Å². The highest BCUT2D eigenvalue weighted by molar-refractivity contribution is 7.76. The van der Waals surface area contributed by atoms with Crippen LogP contribution in [0.15, 0.2) is 0 Å². The molecule has 7 heteroatoms. The molecule has 0 radical (unpaired) electrons. The van der Waals surface area contributed by atoms with Crippen LogP contribution in [0.4, 0.5) is 13.2 Å². The molecule has 1 atom stereocenters. The first kappa shape index (κ1) is 11.6. The van der Waals surface area contributed by atoms with E-state index in [0.29, 0.717) is 0 Å². The Morgan fingerprint density at radius 3 is 1.56 bits per heavy atom. The fraction of sp³-hybridized carbons (Fsp3) is 1.00. The number of hydrogen-bond donors (Lipinski definition) is 1. The predicted molar refractivity (Wildman–Crippen MR) is 24.8 cm³/mol. The van der Waals surface area contributed by atoms with Crippen LogP contribution in [0.3, 0.4) is 0 Å². The summed E-state index contributed by atoms with van der Waals surface area (Å²) in [6.45, 7) is 0.188. The van der Waals surface area contributed by atoms with E-state index in [-0.39, 0.29) is 6.92 Å². The zero-order chi connectivity index (χ0) is 8.08. The van der Waals surface area contributed by atoms with Crippen LogP contribution < -0.4 is 5.14 Å². The van der Waals surface area contributed by atoms with Crippen molar-refractivity contribution in [1.82, 2.24) is 0 Å². The first-order chi connectivity index (χ1) is 3.73. The van der Waals surface area contributed by atoms with Gasteiger partial charge in [-0.2, -0.15) is 13.2 Å². The van der Waals surface area contributed by atoms with Gasteiger partial charge in [0, 0.05) is 18.2 Å². The lowest BCUT2D eigenvalue weighted by Gasteiger charge is -1.88. The van der Waals surface area contributed by atoms with E-state index >= 15 is 0 Å². The molecule has 0 rings (SSSR count). The average molecular weight is 164 g/mol. The van der Waals surface area contributed by atoms with Gasteiger partial charge in [-0.05, 0) is 0 Å². The minimum absolute atomic E-state index is 0.188. The highest BCUT2D eigenvalue weighted by Gasteiger charge is 2.15. The van der Waals surface area contributed by atoms with Gasteiger partial charge in [-0.3, -0.25) is 9.35 Å². The second-order valence-electron chi connectivity index (χ2n) is 1.04. The summed E-state index contributed by atoms with van der Waals surface area (Å²) in [6.07, 6.45) is -4.00. The minimum Gasteiger partial charge on any atom is -0.760 e. The van der Waals surface area contributed by atoms with Crippen molar-refractivity contribution in [3.8, 4) is 0 Å². The van der Waals surface area contributed by atoms with Crippen LogP contribution in [0.2, 0.25) is 0 Å². The molecule has 0 spiro atoms. The fourth-order valence-corrected chi connectivity index (χ4v) is 0. The van der Waals surface area contributed by atoms with Gasteiger partial charge in [0.25, 0.3) is 0 Å². The van der Waals surface area contributed by atoms with Crippen LogP contribution in [0.5, 0.6) is 0 Å². The zero-order valence-electron chi connectivity index (χ0n) is 4.44. The molecule has 3 nitrogen and oxygen atoms in total. The molecule has 0 saturated heterocycles. The number of nitrogens with two attached hydrogens (primary N) is 1. The van der Waals surface area contributed by atoms with Crippen LogP contribution in [-0.4, -0.2) is 14.9 Å². The van der Waals surface area contributed by atoms with Crippen molar-refractivity contribution in [2.24, 2.45) is 5.14 Å². The number of halogens is 3. The van der Waals surface area contributed by atoms with Crippen molar-refractivity contribution in [3.63, 3.8) is 0 Å². The monoisotopic (exact) mass is 164 g/mol. The SMILES string of the molecule is CC(F)(F)F.NS(=O)[O-]. The maximum Gasteiger partial charge on any atom is 0.386 e. The molecule has 0 fully saturated rings. The van der Waals surface area contributed by atoms with E-state index in [9.17, 15) is 13.2 Å². The number of alkyl halides is 3. The maximum absolute atomic E-state index is 10.4. The van der Waals surface area contributed by atoms with Crippen molar-refractivity contribution in [1.29, 1.82) is 0 Å². The predicted octanol–water partition coefficient (Wildman–Crippen LogP) is 0.308. The highest BCUT2D eigenvalue weighted by Crippen LogP contribution is 2.10. The molecule has 0 aliphatic rings. The molecule has 58 valence electrons. The summed E-state index contributed by atoms with van der Waals surface area (Å²) in [5, 5.41) is 4.03. The summed E-state index contributed by atoms with van der Waals surface area (Å²) in [7, 11) is 0. The third-order valence-corrected chi connectivity index (χ3v) is 0. The normalized spacial score (nSPS) is 13.6. The van der Waals surface area contributed by atoms with Crippen molar-refractivity contribution in [3.05, 3.63) is 0 Å². The maximum atomic E-state index is 10.4. The fourth-order valence-electron chi connectivity index (χ4n) is 0. The summed E-state index contributed by atoms with van der Waals surface area (Å²) >= 11 is -2.36. The third-order valence-electron chi connectivity index (χ3n) is 0. The minimum atomic E-state index is -4.00. The van der Waals surface area contributed by atoms with Gasteiger partial charge >= 0.3 is 6.18 Å². The number of hydrogen-bond acceptors (Lipinski definition) is 2. The van der Waals surface area contributed by atoms with Crippen molar-refractivity contribution >= 4 is 11.3 Å². The van der Waals surface area contributed by atoms with Gasteiger partial charge in [0.05, 0.1) is 0 Å². The van der Waals surface area contributed by atoms with Gasteiger partial charge in [-0.15, -0.1) is 0 Å². The molecule has 0 aliphatic carbocycles. The molecule has 1 unspecified atom stereocenters. The molecular formula is C2H5F3NO2S-. The quantitative estimate of drug-likeness (QED) is 0.523. The van der Waals surface area contributed by atoms with E-state index in [1.165, 1.54) is 0 Å². The van der Waals surface area contributed by atoms with Crippen molar-refractivity contribution < 1.29 is 21.9 Å². The van der Waals surface area contributed by atoms with Gasteiger partial charge < -0.3 is 4.55 Å². The summed E-state index contributed by atoms with van der Waals surface area (Å²) in [6, 6.07) is 0. The second-order valence-corrected chi connectivity index (χ2v) is 1.56. The zero-order valence-corrected chi connectivity index (χ0v) is 5.25. The van der Waals surface area contributed by atoms with E-state index < -0.39 is 17.4 Å². The Bertz CT molecular complexity index is 82.3. The summed E-state index contributed by atoms with van der Waals surface area (Å²) < 4.78 is 48.6. The summed E-state index contributed by atoms with van der Waals surface area (Å²) in [4.78, 5) is 0. The van der Waals surface area contributed by atoms with E-state index in [4.69, 9.17) is 8.76 Å². The average Bonchev–Trinajstić information content (AvgIpc) is 1.19. The lowest BCUT2D eigenvalue weighted by Crippen LogP contribution is -1.97. The Morgan fingerprint density at radius 2 is 1.56 bits per heavy atom. The topological polar surface area (TPSA) is 66.2 Å². The molecule has 0 aromatic heterocycles. The van der Waals surface area contributed by atoms with Gasteiger partial charge in [0.1, 0.15) is 0 Å². The molecule has 0 aliphatic heterocycles. The summed E-state index contributed by atoms with van der Waals surface area (Å²) in [5.74, 6) is 0. The van der Waals surface area contributed by atoms with Gasteiger partial charge in [0.2, 0.25) is 0 Å². The second kappa shape index (κ2) is 4.71. The van der Waals surface area contributed by atoms with Crippen molar-refractivity contribution in [2.45, 2.75) is 13.1 Å². The Kier molecular flexibility index (Phi) is 6.09. The van der Waals surface area contributed by atoms with Gasteiger partial charge in [-0.1, -0.05) is 0 Å². The van der Waals surface area contributed by atoms with Crippen molar-refractivity contribution in [2.75, 3.05) is 0 Å². The van der Waals surface area contributed by atoms with Gasteiger partial charge in [-0.25, -0.2) is 0 Å². The summed E-state index contributed by atoms with van der Waals surface area (Å²) in [5.41, 5.74) is 0. The molecule has 9 heavy (non-hydrogen) atoms. The Hall–Kier alpha value is -0.140. The van der Waals surface area contributed by atoms with Gasteiger partial charge in [0.15, 0.2) is 0 Å². The first-order valence-electron chi connectivity index (χ1n) is 1.64. The molecule has 0 aromatic carbocycles. The standard InChI is InChI=1S/C2H3F3.H3NO2S/c1-2(3,4)5;1-4(2)3/h1H3;1H2,(H,2,3)/p-1. The van der Waals surface area contributed by atoms with Crippen LogP contribution in [-0.2, 0) is 11.3 Å². The first-order valence-corrected chi connectivity index (χ1v) is 2.77. The lowest BCUT2D eigenvalue weighted by atomic mass is 10.8. The molecular weight excluding hydrogens is 159 g/mol. The van der Waals surface area contributed by atoms with E-state index in [2.05, 4.69) is 5.14 Å². The molecule has 0 bridgehead atoms. The molecule has 0 saturated carbocycles.